The van der Waals surface area contributed by atoms with Crippen LogP contribution in [0.4, 0.5) is 5.13 Å². The Hall–Kier alpha value is -1.19. The van der Waals surface area contributed by atoms with Gasteiger partial charge in [0.2, 0.25) is 5.91 Å². The van der Waals surface area contributed by atoms with Crippen LogP contribution in [0.15, 0.2) is 5.38 Å². The van der Waals surface area contributed by atoms with E-state index >= 15 is 0 Å². The quantitative estimate of drug-likeness (QED) is 0.580. The molecule has 1 aromatic rings. The summed E-state index contributed by atoms with van der Waals surface area (Å²) in [6.07, 6.45) is 2.41. The lowest BCUT2D eigenvalue weighted by atomic mass is 10.00. The standard InChI is InChI=1S/C16H23N3O3S3/c1-3-22-14(21)8-12-9-24-15(17-12)18-13(20)10-25-16(23)19-6-4-11(2)5-7-19/h9,11H,3-8,10H2,1-2H3,(H,17,18,20). The van der Waals surface area contributed by atoms with Crippen molar-refractivity contribution in [1.29, 1.82) is 0 Å². The Labute approximate surface area is 161 Å². The number of carbonyl (C=O) groups is 2. The molecule has 0 aromatic carbocycles. The molecule has 0 atom stereocenters. The van der Waals surface area contributed by atoms with Crippen molar-refractivity contribution < 1.29 is 14.3 Å². The number of anilines is 1. The van der Waals surface area contributed by atoms with Crippen LogP contribution in [0, 0.1) is 5.92 Å². The fourth-order valence-electron chi connectivity index (χ4n) is 2.37. The number of rotatable bonds is 6. The third-order valence-electron chi connectivity index (χ3n) is 3.80. The molecule has 25 heavy (non-hydrogen) atoms. The first-order valence-corrected chi connectivity index (χ1v) is 10.6. The number of hydrogen-bond donors (Lipinski definition) is 1. The average molecular weight is 402 g/mol. The van der Waals surface area contributed by atoms with Gasteiger partial charge in [0, 0.05) is 18.5 Å². The summed E-state index contributed by atoms with van der Waals surface area (Å²) in [6, 6.07) is 0. The minimum Gasteiger partial charge on any atom is -0.466 e. The molecule has 1 amide bonds. The van der Waals surface area contributed by atoms with Crippen molar-refractivity contribution in [3.63, 3.8) is 0 Å². The number of esters is 1. The molecule has 0 aliphatic carbocycles. The fourth-order valence-corrected chi connectivity index (χ4v) is 4.15. The predicted molar refractivity (Wildman–Crippen MR) is 106 cm³/mol. The van der Waals surface area contributed by atoms with Gasteiger partial charge in [0.05, 0.1) is 24.5 Å². The summed E-state index contributed by atoms with van der Waals surface area (Å²) in [5.41, 5.74) is 0.601. The van der Waals surface area contributed by atoms with Crippen LogP contribution in [0.1, 0.15) is 32.4 Å². The minimum atomic E-state index is -0.317. The lowest BCUT2D eigenvalue weighted by molar-refractivity contribution is -0.142. The molecule has 2 rings (SSSR count). The van der Waals surface area contributed by atoms with Crippen LogP contribution in [0.2, 0.25) is 0 Å². The number of carbonyl (C=O) groups excluding carboxylic acids is 2. The van der Waals surface area contributed by atoms with E-state index in [0.717, 1.165) is 36.2 Å². The molecule has 0 radical (unpaired) electrons. The van der Waals surface area contributed by atoms with E-state index in [-0.39, 0.29) is 24.1 Å². The second-order valence-corrected chi connectivity index (χ2v) is 8.37. The van der Waals surface area contributed by atoms with E-state index in [4.69, 9.17) is 17.0 Å². The topological polar surface area (TPSA) is 71.5 Å². The van der Waals surface area contributed by atoms with Crippen LogP contribution in [-0.4, -0.2) is 51.5 Å². The molecule has 0 bridgehead atoms. The van der Waals surface area contributed by atoms with E-state index in [1.165, 1.54) is 23.1 Å². The van der Waals surface area contributed by atoms with Crippen molar-refractivity contribution >= 4 is 56.6 Å². The summed E-state index contributed by atoms with van der Waals surface area (Å²) in [4.78, 5) is 29.9. The van der Waals surface area contributed by atoms with Gasteiger partial charge in [-0.15, -0.1) is 11.3 Å². The van der Waals surface area contributed by atoms with Gasteiger partial charge in [-0.1, -0.05) is 30.9 Å². The van der Waals surface area contributed by atoms with Gasteiger partial charge in [0.15, 0.2) is 5.13 Å². The lowest BCUT2D eigenvalue weighted by Crippen LogP contribution is -2.36. The summed E-state index contributed by atoms with van der Waals surface area (Å²) in [5.74, 6) is 0.552. The summed E-state index contributed by atoms with van der Waals surface area (Å²) < 4.78 is 5.66. The van der Waals surface area contributed by atoms with Gasteiger partial charge in [0.1, 0.15) is 4.32 Å². The first-order chi connectivity index (χ1) is 12.0. The molecule has 0 saturated carbocycles. The highest BCUT2D eigenvalue weighted by atomic mass is 32.2. The van der Waals surface area contributed by atoms with Gasteiger partial charge in [-0.25, -0.2) is 4.98 Å². The molecule has 2 heterocycles. The molecular weight excluding hydrogens is 378 g/mol. The van der Waals surface area contributed by atoms with E-state index in [9.17, 15) is 9.59 Å². The molecule has 1 fully saturated rings. The molecule has 0 spiro atoms. The zero-order chi connectivity index (χ0) is 18.2. The number of hydrogen-bond acceptors (Lipinski definition) is 7. The first kappa shape index (κ1) is 20.1. The zero-order valence-corrected chi connectivity index (χ0v) is 16.9. The van der Waals surface area contributed by atoms with Gasteiger partial charge >= 0.3 is 5.97 Å². The Morgan fingerprint density at radius 3 is 2.88 bits per heavy atom. The van der Waals surface area contributed by atoms with Gasteiger partial charge in [-0.05, 0) is 25.7 Å². The van der Waals surface area contributed by atoms with E-state index in [2.05, 4.69) is 22.1 Å². The number of nitrogens with zero attached hydrogens (tertiary/aromatic N) is 2. The maximum absolute atomic E-state index is 12.1. The number of amides is 1. The lowest BCUT2D eigenvalue weighted by Gasteiger charge is -2.31. The molecule has 1 N–H and O–H groups in total. The van der Waals surface area contributed by atoms with Crippen LogP contribution in [0.25, 0.3) is 0 Å². The second kappa shape index (κ2) is 10.1. The van der Waals surface area contributed by atoms with Crippen molar-refractivity contribution in [2.45, 2.75) is 33.1 Å². The highest BCUT2D eigenvalue weighted by Gasteiger charge is 2.19. The van der Waals surface area contributed by atoms with Gasteiger partial charge < -0.3 is 15.0 Å². The number of piperidine rings is 1. The van der Waals surface area contributed by atoms with Crippen molar-refractivity contribution in [3.05, 3.63) is 11.1 Å². The van der Waals surface area contributed by atoms with Crippen LogP contribution in [0.5, 0.6) is 0 Å². The predicted octanol–water partition coefficient (Wildman–Crippen LogP) is 2.94. The monoisotopic (exact) mass is 401 g/mol. The molecule has 9 heteroatoms. The summed E-state index contributed by atoms with van der Waals surface area (Å²) >= 11 is 8.10. The smallest absolute Gasteiger partial charge is 0.311 e. The number of thiazole rings is 1. The van der Waals surface area contributed by atoms with Crippen LogP contribution in [-0.2, 0) is 20.7 Å². The van der Waals surface area contributed by atoms with Crippen molar-refractivity contribution in [1.82, 2.24) is 9.88 Å². The molecular formula is C16H23N3O3S3. The SMILES string of the molecule is CCOC(=O)Cc1csc(NC(=O)CSC(=S)N2CCC(C)CC2)n1. The first-order valence-electron chi connectivity index (χ1n) is 8.29. The van der Waals surface area contributed by atoms with Gasteiger partial charge in [-0.2, -0.15) is 0 Å². The Morgan fingerprint density at radius 2 is 2.20 bits per heavy atom. The highest BCUT2D eigenvalue weighted by Crippen LogP contribution is 2.21. The van der Waals surface area contributed by atoms with Crippen LogP contribution >= 0.6 is 35.3 Å². The normalized spacial score (nSPS) is 15.0. The maximum atomic E-state index is 12.1. The third-order valence-corrected chi connectivity index (χ3v) is 6.13. The van der Waals surface area contributed by atoms with Gasteiger partial charge in [-0.3, -0.25) is 9.59 Å². The van der Waals surface area contributed by atoms with E-state index in [1.54, 1.807) is 12.3 Å². The highest BCUT2D eigenvalue weighted by molar-refractivity contribution is 8.23. The Balaban J connectivity index is 1.72. The second-order valence-electron chi connectivity index (χ2n) is 5.90. The molecule has 0 unspecified atom stereocenters. The molecule has 138 valence electrons. The number of aromatic nitrogens is 1. The number of nitrogens with one attached hydrogen (secondary N) is 1. The van der Waals surface area contributed by atoms with E-state index in [1.807, 2.05) is 0 Å². The molecule has 1 aromatic heterocycles. The fraction of sp³-hybridized carbons (Fsp3) is 0.625. The number of likely N-dealkylation sites (tertiary alicyclic amines) is 1. The number of thioether (sulfide) groups is 1. The maximum Gasteiger partial charge on any atom is 0.311 e. The summed E-state index contributed by atoms with van der Waals surface area (Å²) in [6.45, 7) is 6.30. The van der Waals surface area contributed by atoms with E-state index in [0.29, 0.717) is 17.4 Å². The molecule has 6 nitrogen and oxygen atoms in total. The number of ether oxygens (including phenoxy) is 1. The number of thiocarbonyl (C=S) groups is 1. The average Bonchev–Trinajstić information content (AvgIpc) is 3.00. The van der Waals surface area contributed by atoms with Crippen molar-refractivity contribution in [2.75, 3.05) is 30.8 Å². The third kappa shape index (κ3) is 6.91. The molecule has 1 aliphatic heterocycles. The Kier molecular flexibility index (Phi) is 8.11. The van der Waals surface area contributed by atoms with Gasteiger partial charge in [0.25, 0.3) is 0 Å². The van der Waals surface area contributed by atoms with Crippen molar-refractivity contribution in [3.8, 4) is 0 Å². The summed E-state index contributed by atoms with van der Waals surface area (Å²) in [5, 5.41) is 4.99. The van der Waals surface area contributed by atoms with Crippen molar-refractivity contribution in [2.24, 2.45) is 5.92 Å². The summed E-state index contributed by atoms with van der Waals surface area (Å²) in [7, 11) is 0. The van der Waals surface area contributed by atoms with Crippen LogP contribution in [0.3, 0.4) is 0 Å². The molecule has 1 saturated heterocycles. The van der Waals surface area contributed by atoms with E-state index < -0.39 is 0 Å². The zero-order valence-electron chi connectivity index (χ0n) is 14.4. The van der Waals surface area contributed by atoms with Crippen LogP contribution < -0.4 is 5.32 Å². The molecule has 1 aliphatic rings. The minimum absolute atomic E-state index is 0.117. The Morgan fingerprint density at radius 1 is 1.48 bits per heavy atom. The Bertz CT molecular complexity index is 613. The largest absolute Gasteiger partial charge is 0.466 e.